The summed E-state index contributed by atoms with van der Waals surface area (Å²) in [5.74, 6) is 0.420. The van der Waals surface area contributed by atoms with Crippen LogP contribution in [0.5, 0.6) is 11.5 Å². The Labute approximate surface area is 211 Å². The molecule has 35 heavy (non-hydrogen) atoms. The summed E-state index contributed by atoms with van der Waals surface area (Å²) in [7, 11) is -3.55. The highest BCUT2D eigenvalue weighted by molar-refractivity contribution is 7.92. The molecule has 0 fully saturated rings. The fourth-order valence-electron chi connectivity index (χ4n) is 2.75. The van der Waals surface area contributed by atoms with Gasteiger partial charge in [-0.25, -0.2) is 8.42 Å². The molecule has 182 valence electrons. The minimum absolute atomic E-state index is 0.0399. The number of carbonyl (C=O) groups excluding carboxylic acids is 1. The first-order valence-electron chi connectivity index (χ1n) is 10.3. The standard InChI is InChI=1S/C23H21ClN4O5S2/c1-3-15-4-7-18(8-5-15)32-10-11-33-20-9-6-16(13-19(20)24)12-17(14-25)21(29)26-22-27-28-23(34-22)35(2,30)31/h4-9,12-13H,3,10-11H2,1-2H3,(H,26,27,29)/b17-12-. The molecule has 0 bridgehead atoms. The topological polar surface area (TPSA) is 131 Å². The van der Waals surface area contributed by atoms with Gasteiger partial charge in [0.15, 0.2) is 0 Å². The number of nitrogens with one attached hydrogen (secondary N) is 1. The summed E-state index contributed by atoms with van der Waals surface area (Å²) >= 11 is 6.98. The third kappa shape index (κ3) is 7.51. The third-order valence-corrected chi connectivity index (χ3v) is 7.32. The largest absolute Gasteiger partial charge is 0.490 e. The van der Waals surface area contributed by atoms with E-state index in [0.717, 1.165) is 18.4 Å². The molecule has 0 spiro atoms. The zero-order chi connectivity index (χ0) is 25.4. The van der Waals surface area contributed by atoms with Gasteiger partial charge in [0, 0.05) is 6.26 Å². The zero-order valence-electron chi connectivity index (χ0n) is 18.8. The van der Waals surface area contributed by atoms with Crippen molar-refractivity contribution in [3.05, 3.63) is 64.2 Å². The van der Waals surface area contributed by atoms with Crippen LogP contribution in [0.2, 0.25) is 5.02 Å². The minimum atomic E-state index is -3.55. The highest BCUT2D eigenvalue weighted by Gasteiger charge is 2.17. The van der Waals surface area contributed by atoms with Crippen molar-refractivity contribution in [3.8, 4) is 17.6 Å². The lowest BCUT2D eigenvalue weighted by atomic mass is 10.1. The summed E-state index contributed by atoms with van der Waals surface area (Å²) in [4.78, 5) is 12.4. The molecule has 12 heteroatoms. The van der Waals surface area contributed by atoms with Gasteiger partial charge in [-0.2, -0.15) is 5.26 Å². The molecular weight excluding hydrogens is 512 g/mol. The van der Waals surface area contributed by atoms with Crippen LogP contribution in [0.25, 0.3) is 6.08 Å². The van der Waals surface area contributed by atoms with E-state index in [4.69, 9.17) is 21.1 Å². The second kappa shape index (κ2) is 11.8. The number of ether oxygens (including phenoxy) is 2. The fourth-order valence-corrected chi connectivity index (χ4v) is 4.49. The first-order chi connectivity index (χ1) is 16.7. The molecule has 1 N–H and O–H groups in total. The van der Waals surface area contributed by atoms with Gasteiger partial charge in [0.05, 0.1) is 5.02 Å². The Hall–Kier alpha value is -3.46. The molecule has 0 aliphatic heterocycles. The maximum Gasteiger partial charge on any atom is 0.268 e. The number of hydrogen-bond acceptors (Lipinski definition) is 9. The Morgan fingerprint density at radius 3 is 2.49 bits per heavy atom. The number of nitriles is 1. The number of aromatic nitrogens is 2. The van der Waals surface area contributed by atoms with Crippen molar-refractivity contribution in [2.45, 2.75) is 17.7 Å². The second-order valence-electron chi connectivity index (χ2n) is 7.15. The zero-order valence-corrected chi connectivity index (χ0v) is 21.2. The summed E-state index contributed by atoms with van der Waals surface area (Å²) in [6.07, 6.45) is 3.28. The summed E-state index contributed by atoms with van der Waals surface area (Å²) < 4.78 is 34.1. The first kappa shape index (κ1) is 26.2. The van der Waals surface area contributed by atoms with Gasteiger partial charge in [-0.15, -0.1) is 10.2 Å². The number of aryl methyl sites for hydroxylation is 1. The molecule has 0 atom stereocenters. The monoisotopic (exact) mass is 532 g/mol. The Morgan fingerprint density at radius 2 is 1.89 bits per heavy atom. The molecule has 0 aliphatic carbocycles. The molecule has 3 rings (SSSR count). The summed E-state index contributed by atoms with van der Waals surface area (Å²) in [6, 6.07) is 14.5. The predicted octanol–water partition coefficient (Wildman–Crippen LogP) is 4.16. The summed E-state index contributed by atoms with van der Waals surface area (Å²) in [5, 5.41) is 19.1. The molecule has 2 aromatic carbocycles. The molecule has 0 saturated carbocycles. The average Bonchev–Trinajstić information content (AvgIpc) is 3.31. The van der Waals surface area contributed by atoms with Crippen molar-refractivity contribution in [1.29, 1.82) is 5.26 Å². The van der Waals surface area contributed by atoms with E-state index in [0.29, 0.717) is 34.3 Å². The van der Waals surface area contributed by atoms with Gasteiger partial charge < -0.3 is 9.47 Å². The Bertz CT molecular complexity index is 1380. The normalized spacial score (nSPS) is 11.5. The van der Waals surface area contributed by atoms with Crippen LogP contribution in [0, 0.1) is 11.3 Å². The minimum Gasteiger partial charge on any atom is -0.490 e. The van der Waals surface area contributed by atoms with Gasteiger partial charge in [-0.3, -0.25) is 10.1 Å². The van der Waals surface area contributed by atoms with Crippen LogP contribution in [0.15, 0.2) is 52.4 Å². The van der Waals surface area contributed by atoms with E-state index < -0.39 is 15.7 Å². The second-order valence-corrected chi connectivity index (χ2v) is 10.7. The molecular formula is C23H21ClN4O5S2. The summed E-state index contributed by atoms with van der Waals surface area (Å²) in [5.41, 5.74) is 1.50. The van der Waals surface area contributed by atoms with Crippen molar-refractivity contribution in [2.75, 3.05) is 24.8 Å². The van der Waals surface area contributed by atoms with E-state index in [-0.39, 0.29) is 21.7 Å². The number of nitrogens with zero attached hydrogens (tertiary/aromatic N) is 3. The van der Waals surface area contributed by atoms with Crippen LogP contribution < -0.4 is 14.8 Å². The molecule has 0 radical (unpaired) electrons. The highest BCUT2D eigenvalue weighted by Crippen LogP contribution is 2.27. The van der Waals surface area contributed by atoms with Crippen molar-refractivity contribution < 1.29 is 22.7 Å². The molecule has 1 aromatic heterocycles. The van der Waals surface area contributed by atoms with Crippen LogP contribution in [-0.4, -0.2) is 44.0 Å². The van der Waals surface area contributed by atoms with Crippen molar-refractivity contribution >= 4 is 49.9 Å². The number of sulfone groups is 1. The van der Waals surface area contributed by atoms with E-state index >= 15 is 0 Å². The van der Waals surface area contributed by atoms with E-state index in [2.05, 4.69) is 22.4 Å². The van der Waals surface area contributed by atoms with Crippen LogP contribution in [0.3, 0.4) is 0 Å². The smallest absolute Gasteiger partial charge is 0.268 e. The molecule has 1 heterocycles. The van der Waals surface area contributed by atoms with Gasteiger partial charge in [-0.05, 0) is 47.9 Å². The van der Waals surface area contributed by atoms with E-state index in [9.17, 15) is 18.5 Å². The number of hydrogen-bond donors (Lipinski definition) is 1. The SMILES string of the molecule is CCc1ccc(OCCOc2ccc(/C=C(/C#N)C(=O)Nc3nnc(S(C)(=O)=O)s3)cc2Cl)cc1. The lowest BCUT2D eigenvalue weighted by molar-refractivity contribution is -0.112. The van der Waals surface area contributed by atoms with Crippen molar-refractivity contribution in [2.24, 2.45) is 0 Å². The molecule has 0 aliphatic rings. The van der Waals surface area contributed by atoms with Crippen LogP contribution in [-0.2, 0) is 21.1 Å². The van der Waals surface area contributed by atoms with Crippen LogP contribution >= 0.6 is 22.9 Å². The number of anilines is 1. The highest BCUT2D eigenvalue weighted by atomic mass is 35.5. The van der Waals surface area contributed by atoms with Crippen molar-refractivity contribution in [3.63, 3.8) is 0 Å². The predicted molar refractivity (Wildman–Crippen MR) is 134 cm³/mol. The maximum absolute atomic E-state index is 12.4. The Kier molecular flexibility index (Phi) is 8.81. The van der Waals surface area contributed by atoms with E-state index in [1.807, 2.05) is 24.3 Å². The van der Waals surface area contributed by atoms with Gasteiger partial charge in [0.2, 0.25) is 19.3 Å². The van der Waals surface area contributed by atoms with Gasteiger partial charge in [0.1, 0.15) is 36.4 Å². The number of benzene rings is 2. The Morgan fingerprint density at radius 1 is 1.17 bits per heavy atom. The molecule has 0 saturated heterocycles. The lowest BCUT2D eigenvalue weighted by Gasteiger charge is -2.10. The third-order valence-electron chi connectivity index (χ3n) is 4.52. The summed E-state index contributed by atoms with van der Waals surface area (Å²) in [6.45, 7) is 2.69. The van der Waals surface area contributed by atoms with E-state index in [1.54, 1.807) is 24.3 Å². The molecule has 0 unspecified atom stereocenters. The number of amides is 1. The number of carbonyl (C=O) groups is 1. The van der Waals surface area contributed by atoms with Crippen molar-refractivity contribution in [1.82, 2.24) is 10.2 Å². The number of halogens is 1. The van der Waals surface area contributed by atoms with Gasteiger partial charge >= 0.3 is 0 Å². The Balaban J connectivity index is 1.58. The van der Waals surface area contributed by atoms with Gasteiger partial charge in [0.25, 0.3) is 5.91 Å². The van der Waals surface area contributed by atoms with Crippen LogP contribution in [0.1, 0.15) is 18.1 Å². The van der Waals surface area contributed by atoms with Crippen LogP contribution in [0.4, 0.5) is 5.13 Å². The molecule has 1 amide bonds. The quantitative estimate of drug-likeness (QED) is 0.178. The van der Waals surface area contributed by atoms with Gasteiger partial charge in [-0.1, -0.05) is 48.1 Å². The number of rotatable bonds is 10. The van der Waals surface area contributed by atoms with E-state index in [1.165, 1.54) is 11.6 Å². The molecule has 9 nitrogen and oxygen atoms in total. The lowest BCUT2D eigenvalue weighted by Crippen LogP contribution is -2.13. The fraction of sp³-hybridized carbons (Fsp3) is 0.217. The maximum atomic E-state index is 12.4. The first-order valence-corrected chi connectivity index (χ1v) is 13.4. The molecule has 3 aromatic rings. The average molecular weight is 533 g/mol.